The molecule has 1 unspecified atom stereocenters. The van der Waals surface area contributed by atoms with E-state index in [0.29, 0.717) is 25.7 Å². The van der Waals surface area contributed by atoms with E-state index in [1.54, 1.807) is 12.2 Å². The van der Waals surface area contributed by atoms with Crippen LogP contribution in [0.5, 0.6) is 0 Å². The van der Waals surface area contributed by atoms with E-state index in [-0.39, 0.29) is 19.4 Å². The highest BCUT2D eigenvalue weighted by Crippen LogP contribution is 2.36. The van der Waals surface area contributed by atoms with Gasteiger partial charge in [0.2, 0.25) is 0 Å². The summed E-state index contributed by atoms with van der Waals surface area (Å²) < 4.78 is 26.2. The molecule has 3 N–H and O–H groups in total. The van der Waals surface area contributed by atoms with Crippen molar-refractivity contribution >= 4 is 19.8 Å². The number of unbranched alkanes of at least 4 members (excludes halogenated alkanes) is 10. The van der Waals surface area contributed by atoms with Crippen molar-refractivity contribution in [1.29, 1.82) is 0 Å². The van der Waals surface area contributed by atoms with Crippen LogP contribution in [0, 0.1) is 0 Å². The largest absolute Gasteiger partial charge is 0.469 e. The Balaban J connectivity index is 4.20. The Hall–Kier alpha value is -3.07. The molecule has 0 amide bonds. The summed E-state index contributed by atoms with van der Waals surface area (Å²) >= 11 is 0. The molecule has 0 aliphatic carbocycles. The maximum absolute atomic E-state index is 12.4. The number of ether oxygens (including phenoxy) is 2. The topological polar surface area (TPSA) is 140 Å². The summed E-state index contributed by atoms with van der Waals surface area (Å²) in [5.41, 5.74) is 0. The minimum Gasteiger partial charge on any atom is -0.462 e. The number of hydrogen-bond acceptors (Lipinski definition) is 7. The highest BCUT2D eigenvalue weighted by molar-refractivity contribution is 7.46. The number of hydrogen-bond donors (Lipinski definition) is 3. The Kier molecular flexibility index (Phi) is 37.0. The minimum atomic E-state index is -4.80. The molecule has 2 atom stereocenters. The van der Waals surface area contributed by atoms with E-state index in [2.05, 4.69) is 85.2 Å². The number of carbonyl (C=O) groups excluding carboxylic acids is 2. The molecule has 0 saturated heterocycles. The third-order valence-electron chi connectivity index (χ3n) is 8.16. The van der Waals surface area contributed by atoms with Gasteiger partial charge >= 0.3 is 19.8 Å². The van der Waals surface area contributed by atoms with Crippen LogP contribution in [0.1, 0.15) is 149 Å². The Bertz CT molecular complexity index is 1220. The van der Waals surface area contributed by atoms with Crippen LogP contribution in [0.4, 0.5) is 0 Å². The molecule has 0 radical (unpaired) electrons. The molecule has 0 aliphatic rings. The van der Waals surface area contributed by atoms with E-state index < -0.39 is 38.6 Å². The lowest BCUT2D eigenvalue weighted by Crippen LogP contribution is -2.29. The average molecular weight is 789 g/mol. The Morgan fingerprint density at radius 3 is 1.60 bits per heavy atom. The Morgan fingerprint density at radius 2 is 1.05 bits per heavy atom. The first-order chi connectivity index (χ1) is 26.7. The van der Waals surface area contributed by atoms with Crippen molar-refractivity contribution in [2.45, 2.75) is 161 Å². The van der Waals surface area contributed by atoms with Gasteiger partial charge in [-0.3, -0.25) is 14.1 Å². The van der Waals surface area contributed by atoms with Gasteiger partial charge in [0.1, 0.15) is 6.61 Å². The van der Waals surface area contributed by atoms with Crippen molar-refractivity contribution in [3.8, 4) is 0 Å². The van der Waals surface area contributed by atoms with Gasteiger partial charge in [-0.05, 0) is 89.9 Å². The fourth-order valence-electron chi connectivity index (χ4n) is 5.02. The van der Waals surface area contributed by atoms with Crippen LogP contribution in [-0.2, 0) is 28.2 Å². The summed E-state index contributed by atoms with van der Waals surface area (Å²) in [4.78, 5) is 42.8. The number of aliphatic hydroxyl groups is 1. The van der Waals surface area contributed by atoms with E-state index in [9.17, 15) is 19.3 Å². The molecule has 0 aliphatic heterocycles. The maximum Gasteiger partial charge on any atom is 0.469 e. The lowest BCUT2D eigenvalue weighted by atomic mass is 10.1. The molecule has 0 heterocycles. The molecule has 0 saturated carbocycles. The predicted octanol–water partition coefficient (Wildman–Crippen LogP) is 11.6. The van der Waals surface area contributed by atoms with Crippen molar-refractivity contribution < 1.29 is 43.0 Å². The van der Waals surface area contributed by atoms with Crippen LogP contribution >= 0.6 is 7.82 Å². The lowest BCUT2D eigenvalue weighted by Gasteiger charge is -2.18. The predicted molar refractivity (Wildman–Crippen MR) is 226 cm³/mol. The fraction of sp³-hybridized carbons (Fsp3) is 0.600. The van der Waals surface area contributed by atoms with E-state index in [1.807, 2.05) is 18.2 Å². The lowest BCUT2D eigenvalue weighted by molar-refractivity contribution is -0.161. The van der Waals surface area contributed by atoms with Gasteiger partial charge < -0.3 is 24.4 Å². The molecule has 0 spiro atoms. The fourth-order valence-corrected chi connectivity index (χ4v) is 5.38. The molecule has 55 heavy (non-hydrogen) atoms. The average Bonchev–Trinajstić information content (AvgIpc) is 3.15. The Labute approximate surface area is 333 Å². The van der Waals surface area contributed by atoms with Gasteiger partial charge in [-0.1, -0.05) is 143 Å². The first-order valence-corrected chi connectivity index (χ1v) is 22.2. The molecule has 0 rings (SSSR count). The van der Waals surface area contributed by atoms with Gasteiger partial charge in [0, 0.05) is 12.8 Å². The Morgan fingerprint density at radius 1 is 0.564 bits per heavy atom. The summed E-state index contributed by atoms with van der Waals surface area (Å²) in [7, 11) is -4.80. The van der Waals surface area contributed by atoms with Gasteiger partial charge in [0.15, 0.2) is 6.10 Å². The third-order valence-corrected chi connectivity index (χ3v) is 8.64. The molecule has 0 aromatic heterocycles. The van der Waals surface area contributed by atoms with Gasteiger partial charge in [-0.25, -0.2) is 4.57 Å². The molecule has 0 aromatic carbocycles. The van der Waals surface area contributed by atoms with Crippen molar-refractivity contribution in [3.63, 3.8) is 0 Å². The standard InChI is InChI=1S/C45H73O9P/c1-3-5-7-9-11-13-14-15-16-17-18-19-20-21-22-24-26-30-35-39-45(48)54-43(41-53-55(49,50)51)40-52-44(47)38-34-31-27-29-33-37-42(46)36-32-28-25-23-12-10-8-6-4-2/h11-13,15-16,18-19,21-23,27-29,32-33,37,42-43,46H,3-10,14,17,20,24-26,30-31,34-36,38-41H2,1-2H3,(H2,49,50,51)/b13-11-,16-15-,19-18-,22-21-,23-12-,29-27+,32-28-,37-33-/t42?,43-/m1/s1. The zero-order valence-electron chi connectivity index (χ0n) is 33.9. The first kappa shape index (κ1) is 51.9. The highest BCUT2D eigenvalue weighted by atomic mass is 31.2. The normalized spacial score (nSPS) is 14.1. The van der Waals surface area contributed by atoms with Gasteiger partial charge in [-0.15, -0.1) is 0 Å². The summed E-state index contributed by atoms with van der Waals surface area (Å²) in [6, 6.07) is 0. The van der Waals surface area contributed by atoms with Crippen molar-refractivity contribution in [3.05, 3.63) is 97.2 Å². The monoisotopic (exact) mass is 788 g/mol. The molecule has 0 fully saturated rings. The zero-order valence-corrected chi connectivity index (χ0v) is 34.8. The number of esters is 2. The molecule has 312 valence electrons. The SMILES string of the molecule is CCCCC/C=C\C/C=C\C/C=C\C/C=C\CCCCCC(=O)O[C@H](COC(=O)CCC/C=C/C=C\C(O)C/C=C\C/C=C\CCCCC)COP(=O)(O)O. The highest BCUT2D eigenvalue weighted by Gasteiger charge is 2.22. The van der Waals surface area contributed by atoms with Crippen molar-refractivity contribution in [2.24, 2.45) is 0 Å². The second-order valence-corrected chi connectivity index (χ2v) is 14.7. The van der Waals surface area contributed by atoms with Crippen LogP contribution in [0.25, 0.3) is 0 Å². The quantitative estimate of drug-likeness (QED) is 0.0186. The van der Waals surface area contributed by atoms with Gasteiger partial charge in [0.25, 0.3) is 0 Å². The molecule has 0 aromatic rings. The van der Waals surface area contributed by atoms with Crippen LogP contribution in [-0.4, -0.2) is 52.3 Å². The molecule has 9 nitrogen and oxygen atoms in total. The van der Waals surface area contributed by atoms with Crippen LogP contribution in [0.3, 0.4) is 0 Å². The number of phosphoric acid groups is 1. The summed E-state index contributed by atoms with van der Waals surface area (Å²) in [5.74, 6) is -1.06. The van der Waals surface area contributed by atoms with E-state index >= 15 is 0 Å². The number of aliphatic hydroxyl groups excluding tert-OH is 1. The summed E-state index contributed by atoms with van der Waals surface area (Å²) in [6.45, 7) is 3.46. The molecule has 0 bridgehead atoms. The number of rotatable bonds is 36. The van der Waals surface area contributed by atoms with E-state index in [1.165, 1.54) is 44.9 Å². The number of carbonyl (C=O) groups is 2. The molecular weight excluding hydrogens is 715 g/mol. The van der Waals surface area contributed by atoms with E-state index in [0.717, 1.165) is 51.4 Å². The number of allylic oxidation sites excluding steroid dienone is 14. The van der Waals surface area contributed by atoms with Crippen LogP contribution in [0.15, 0.2) is 97.2 Å². The van der Waals surface area contributed by atoms with E-state index in [4.69, 9.17) is 19.3 Å². The number of phosphoric ester groups is 1. The van der Waals surface area contributed by atoms with Crippen LogP contribution in [0.2, 0.25) is 0 Å². The third kappa shape index (κ3) is 41.9. The minimum absolute atomic E-state index is 0.119. The van der Waals surface area contributed by atoms with Gasteiger partial charge in [0.05, 0.1) is 12.7 Å². The summed E-state index contributed by atoms with van der Waals surface area (Å²) in [6.07, 6.45) is 50.1. The summed E-state index contributed by atoms with van der Waals surface area (Å²) in [5, 5.41) is 10.1. The van der Waals surface area contributed by atoms with Gasteiger partial charge in [-0.2, -0.15) is 0 Å². The molecular formula is C45H73O9P. The maximum atomic E-state index is 12.4. The second-order valence-electron chi connectivity index (χ2n) is 13.5. The first-order valence-electron chi connectivity index (χ1n) is 20.6. The van der Waals surface area contributed by atoms with Crippen LogP contribution < -0.4 is 0 Å². The second kappa shape index (κ2) is 39.2. The zero-order chi connectivity index (χ0) is 40.5. The molecule has 10 heteroatoms. The van der Waals surface area contributed by atoms with Crippen molar-refractivity contribution in [2.75, 3.05) is 13.2 Å². The smallest absolute Gasteiger partial charge is 0.462 e. The van der Waals surface area contributed by atoms with Crippen molar-refractivity contribution in [1.82, 2.24) is 0 Å².